The Bertz CT molecular complexity index is 1140. The van der Waals surface area contributed by atoms with E-state index >= 15 is 0 Å². The van der Waals surface area contributed by atoms with E-state index in [9.17, 15) is 23.1 Å². The van der Waals surface area contributed by atoms with Crippen LogP contribution in [0.5, 0.6) is 0 Å². The number of aliphatic hydroxyl groups is 1. The monoisotopic (exact) mass is 562 g/mol. The van der Waals surface area contributed by atoms with Gasteiger partial charge in [0, 0.05) is 38.3 Å². The number of nitrogens with zero attached hydrogens (tertiary/aromatic N) is 2. The molecule has 39 heavy (non-hydrogen) atoms. The first-order chi connectivity index (χ1) is 18.5. The molecular formula is C28H42N4O6S. The van der Waals surface area contributed by atoms with E-state index in [4.69, 9.17) is 10.5 Å². The van der Waals surface area contributed by atoms with E-state index in [1.54, 1.807) is 12.1 Å². The highest BCUT2D eigenvalue weighted by atomic mass is 32.2. The molecule has 0 radical (unpaired) electrons. The topological polar surface area (TPSA) is 142 Å². The molecular weight excluding hydrogens is 520 g/mol. The van der Waals surface area contributed by atoms with Crippen LogP contribution in [0.25, 0.3) is 0 Å². The van der Waals surface area contributed by atoms with Gasteiger partial charge in [-0.25, -0.2) is 13.2 Å². The van der Waals surface area contributed by atoms with E-state index in [0.717, 1.165) is 5.56 Å². The summed E-state index contributed by atoms with van der Waals surface area (Å²) >= 11 is 0. The zero-order chi connectivity index (χ0) is 29.0. The molecule has 0 aliphatic heterocycles. The molecule has 2 aromatic rings. The molecule has 0 bridgehead atoms. The second-order valence-corrected chi connectivity index (χ2v) is 11.8. The maximum absolute atomic E-state index is 13.4. The Kier molecular flexibility index (Phi) is 12.7. The van der Waals surface area contributed by atoms with Gasteiger partial charge in [0.15, 0.2) is 0 Å². The summed E-state index contributed by atoms with van der Waals surface area (Å²) in [5.41, 5.74) is 7.10. The molecule has 2 atom stereocenters. The smallest absolute Gasteiger partial charge is 0.409 e. The molecule has 0 heterocycles. The molecule has 0 fully saturated rings. The average molecular weight is 563 g/mol. The lowest BCUT2D eigenvalue weighted by Gasteiger charge is -2.31. The number of aliphatic hydroxyl groups excluding tert-OH is 1. The van der Waals surface area contributed by atoms with E-state index in [1.165, 1.54) is 35.5 Å². The fourth-order valence-electron chi connectivity index (χ4n) is 4.25. The van der Waals surface area contributed by atoms with Crippen LogP contribution in [-0.4, -0.2) is 80.7 Å². The predicted octanol–water partition coefficient (Wildman–Crippen LogP) is 2.87. The molecule has 0 aromatic heterocycles. The van der Waals surface area contributed by atoms with Crippen LogP contribution in [0.2, 0.25) is 0 Å². The summed E-state index contributed by atoms with van der Waals surface area (Å²) in [7, 11) is -1.05. The Labute approximate surface area is 232 Å². The zero-order valence-electron chi connectivity index (χ0n) is 23.2. The van der Waals surface area contributed by atoms with Crippen molar-refractivity contribution in [1.82, 2.24) is 14.5 Å². The molecule has 2 aromatic carbocycles. The molecule has 11 heteroatoms. The van der Waals surface area contributed by atoms with Gasteiger partial charge in [-0.15, -0.1) is 0 Å². The second-order valence-electron chi connectivity index (χ2n) is 9.95. The zero-order valence-corrected chi connectivity index (χ0v) is 24.1. The number of benzene rings is 2. The maximum Gasteiger partial charge on any atom is 0.409 e. The summed E-state index contributed by atoms with van der Waals surface area (Å²) in [5, 5.41) is 13.0. The maximum atomic E-state index is 13.4. The lowest BCUT2D eigenvalue weighted by atomic mass is 10.0. The number of hydrogen-bond donors (Lipinski definition) is 3. The summed E-state index contributed by atoms with van der Waals surface area (Å²) in [4.78, 5) is 26.5. The average Bonchev–Trinajstić information content (AvgIpc) is 2.92. The van der Waals surface area contributed by atoms with Crippen LogP contribution in [0.3, 0.4) is 0 Å². The number of carbonyl (C=O) groups excluding carboxylic acids is 2. The number of ether oxygens (including phenoxy) is 1. The van der Waals surface area contributed by atoms with Crippen LogP contribution in [-0.2, 0) is 26.0 Å². The highest BCUT2D eigenvalue weighted by Gasteiger charge is 2.32. The van der Waals surface area contributed by atoms with Gasteiger partial charge in [0.05, 0.1) is 18.6 Å². The number of nitrogens with one attached hydrogen (secondary N) is 1. The molecule has 2 amide bonds. The minimum absolute atomic E-state index is 0.0512. The first-order valence-electron chi connectivity index (χ1n) is 13.1. The first-order valence-corrected chi connectivity index (χ1v) is 14.6. The van der Waals surface area contributed by atoms with Crippen molar-refractivity contribution in [2.24, 2.45) is 5.92 Å². The number of rotatable bonds is 15. The number of unbranched alkanes of at least 4 members (excludes halogenated alkanes) is 1. The Morgan fingerprint density at radius 1 is 1.05 bits per heavy atom. The van der Waals surface area contributed by atoms with Gasteiger partial charge < -0.3 is 20.9 Å². The summed E-state index contributed by atoms with van der Waals surface area (Å²) in [5.74, 6) is -0.256. The number of amides is 2. The predicted molar refractivity (Wildman–Crippen MR) is 151 cm³/mol. The summed E-state index contributed by atoms with van der Waals surface area (Å²) in [6.45, 7) is 4.12. The molecule has 216 valence electrons. The molecule has 4 N–H and O–H groups in total. The molecule has 0 unspecified atom stereocenters. The van der Waals surface area contributed by atoms with E-state index in [-0.39, 0.29) is 29.9 Å². The summed E-state index contributed by atoms with van der Waals surface area (Å²) < 4.78 is 33.0. The normalized spacial score (nSPS) is 13.2. The van der Waals surface area contributed by atoms with Gasteiger partial charge >= 0.3 is 6.09 Å². The fourth-order valence-corrected chi connectivity index (χ4v) is 6.06. The fraction of sp³-hybridized carbons (Fsp3) is 0.500. The first kappa shape index (κ1) is 32.1. The molecule has 0 saturated heterocycles. The van der Waals surface area contributed by atoms with Gasteiger partial charge in [-0.3, -0.25) is 9.69 Å². The number of carbonyl (C=O) groups is 2. The van der Waals surface area contributed by atoms with Gasteiger partial charge in [-0.2, -0.15) is 4.31 Å². The minimum Gasteiger partial charge on any atom is -0.453 e. The standard InChI is InChI=1S/C28H42N4O6S/c1-21(2)19-32(39(36,37)25-15-13-23(29)14-16-25)24(20-33)12-8-9-17-30-27(34)26(31(3)28(35)38-4)18-22-10-6-5-7-11-22/h5-7,10-11,13-16,21,24,26,33H,8-9,12,17-20,29H2,1-4H3,(H,30,34)/t24-,26-/m0/s1. The van der Waals surface area contributed by atoms with Crippen LogP contribution in [0.15, 0.2) is 59.5 Å². The number of sulfonamides is 1. The van der Waals surface area contributed by atoms with E-state index < -0.39 is 28.2 Å². The van der Waals surface area contributed by atoms with Gasteiger partial charge in [0.25, 0.3) is 0 Å². The molecule has 0 spiro atoms. The van der Waals surface area contributed by atoms with Crippen LogP contribution in [0, 0.1) is 5.92 Å². The summed E-state index contributed by atoms with van der Waals surface area (Å²) in [6.07, 6.45) is 1.29. The largest absolute Gasteiger partial charge is 0.453 e. The van der Waals surface area contributed by atoms with Crippen molar-refractivity contribution in [1.29, 1.82) is 0 Å². The third-order valence-electron chi connectivity index (χ3n) is 6.42. The van der Waals surface area contributed by atoms with Crippen LogP contribution in [0.4, 0.5) is 10.5 Å². The van der Waals surface area contributed by atoms with Crippen molar-refractivity contribution >= 4 is 27.7 Å². The second kappa shape index (κ2) is 15.4. The lowest BCUT2D eigenvalue weighted by Crippen LogP contribution is -2.49. The Morgan fingerprint density at radius 2 is 1.69 bits per heavy atom. The number of anilines is 1. The van der Waals surface area contributed by atoms with Crippen molar-refractivity contribution < 1.29 is 27.9 Å². The number of hydrogen-bond acceptors (Lipinski definition) is 7. The van der Waals surface area contributed by atoms with Gasteiger partial charge in [0.1, 0.15) is 6.04 Å². The number of nitrogen functional groups attached to an aromatic ring is 1. The van der Waals surface area contributed by atoms with Crippen molar-refractivity contribution in [3.63, 3.8) is 0 Å². The molecule has 0 aliphatic carbocycles. The third-order valence-corrected chi connectivity index (χ3v) is 8.35. The lowest BCUT2D eigenvalue weighted by molar-refractivity contribution is -0.125. The van der Waals surface area contributed by atoms with Gasteiger partial charge in [0.2, 0.25) is 15.9 Å². The molecule has 10 nitrogen and oxygen atoms in total. The molecule has 0 aliphatic rings. The van der Waals surface area contributed by atoms with Crippen molar-refractivity contribution in [3.8, 4) is 0 Å². The Morgan fingerprint density at radius 3 is 2.26 bits per heavy atom. The Balaban J connectivity index is 2.01. The third kappa shape index (κ3) is 9.52. The highest BCUT2D eigenvalue weighted by molar-refractivity contribution is 7.89. The molecule has 2 rings (SSSR count). The Hall–Kier alpha value is -3.15. The van der Waals surface area contributed by atoms with Crippen LogP contribution < -0.4 is 11.1 Å². The van der Waals surface area contributed by atoms with Crippen LogP contribution >= 0.6 is 0 Å². The van der Waals surface area contributed by atoms with Crippen molar-refractivity contribution in [2.75, 3.05) is 39.6 Å². The highest BCUT2D eigenvalue weighted by Crippen LogP contribution is 2.23. The number of nitrogens with two attached hydrogens (primary N) is 1. The van der Waals surface area contributed by atoms with Gasteiger partial charge in [-0.1, -0.05) is 50.6 Å². The quantitative estimate of drug-likeness (QED) is 0.224. The number of likely N-dealkylation sites (N-methyl/N-ethyl adjacent to an activating group) is 1. The van der Waals surface area contributed by atoms with Crippen molar-refractivity contribution in [2.45, 2.75) is 56.5 Å². The van der Waals surface area contributed by atoms with E-state index in [0.29, 0.717) is 37.9 Å². The van der Waals surface area contributed by atoms with E-state index in [2.05, 4.69) is 5.32 Å². The van der Waals surface area contributed by atoms with Crippen LogP contribution in [0.1, 0.15) is 38.7 Å². The van der Waals surface area contributed by atoms with Crippen molar-refractivity contribution in [3.05, 3.63) is 60.2 Å². The SMILES string of the molecule is COC(=O)N(C)[C@@H](Cc1ccccc1)C(=O)NCCCC[C@@H](CO)N(CC(C)C)S(=O)(=O)c1ccc(N)cc1. The molecule has 0 saturated carbocycles. The number of methoxy groups -OCH3 is 1. The van der Waals surface area contributed by atoms with Gasteiger partial charge in [-0.05, 0) is 48.6 Å². The van der Waals surface area contributed by atoms with E-state index in [1.807, 2.05) is 44.2 Å². The minimum atomic E-state index is -3.84. The summed E-state index contributed by atoms with van der Waals surface area (Å²) in [6, 6.07) is 14.1.